The maximum Gasteiger partial charge on any atom is 0.243 e. The quantitative estimate of drug-likeness (QED) is 0.857. The van der Waals surface area contributed by atoms with Gasteiger partial charge in [-0.05, 0) is 58.4 Å². The van der Waals surface area contributed by atoms with Gasteiger partial charge in [-0.25, -0.2) is 4.39 Å². The predicted octanol–water partition coefficient (Wildman–Crippen LogP) is 4.29. The number of anilines is 2. The molecule has 6 heteroatoms. The fraction of sp³-hybridized carbons (Fsp3) is 0.0714. The summed E-state index contributed by atoms with van der Waals surface area (Å²) in [5, 5.41) is 6.17. The highest BCUT2D eigenvalue weighted by molar-refractivity contribution is 9.10. The summed E-state index contributed by atoms with van der Waals surface area (Å²) in [7, 11) is 0. The van der Waals surface area contributed by atoms with Crippen LogP contribution in [0.5, 0.6) is 0 Å². The van der Waals surface area contributed by atoms with Gasteiger partial charge in [0.15, 0.2) is 0 Å². The molecule has 0 aromatic heterocycles. The van der Waals surface area contributed by atoms with Crippen LogP contribution in [0, 0.1) is 5.82 Å². The molecule has 3 nitrogen and oxygen atoms in total. The van der Waals surface area contributed by atoms with Gasteiger partial charge in [0.2, 0.25) is 5.91 Å². The van der Waals surface area contributed by atoms with Crippen molar-refractivity contribution in [3.63, 3.8) is 0 Å². The Bertz CT molecular complexity index is 619. The van der Waals surface area contributed by atoms with Gasteiger partial charge in [0.1, 0.15) is 5.82 Å². The number of amides is 1. The van der Waals surface area contributed by atoms with Gasteiger partial charge in [-0.15, -0.1) is 0 Å². The van der Waals surface area contributed by atoms with E-state index in [4.69, 9.17) is 11.6 Å². The molecular formula is C14H11BrClFN2O. The summed E-state index contributed by atoms with van der Waals surface area (Å²) >= 11 is 9.04. The second-order valence-electron chi connectivity index (χ2n) is 4.03. The van der Waals surface area contributed by atoms with Crippen molar-refractivity contribution in [2.75, 3.05) is 17.2 Å². The van der Waals surface area contributed by atoms with Crippen LogP contribution in [0.1, 0.15) is 0 Å². The zero-order chi connectivity index (χ0) is 14.5. The second kappa shape index (κ2) is 6.72. The van der Waals surface area contributed by atoms with Crippen molar-refractivity contribution >= 4 is 44.8 Å². The van der Waals surface area contributed by atoms with E-state index in [1.54, 1.807) is 30.3 Å². The molecular weight excluding hydrogens is 347 g/mol. The summed E-state index contributed by atoms with van der Waals surface area (Å²) in [5.74, 6) is -0.600. The van der Waals surface area contributed by atoms with E-state index in [0.717, 1.165) is 0 Å². The largest absolute Gasteiger partial charge is 0.375 e. The minimum absolute atomic E-state index is 0.0324. The molecule has 0 radical (unpaired) electrons. The molecule has 0 unspecified atom stereocenters. The molecule has 2 aromatic carbocycles. The zero-order valence-corrected chi connectivity index (χ0v) is 12.6. The highest BCUT2D eigenvalue weighted by Crippen LogP contribution is 2.22. The third-order valence-electron chi connectivity index (χ3n) is 2.50. The summed E-state index contributed by atoms with van der Waals surface area (Å²) < 4.78 is 13.8. The van der Waals surface area contributed by atoms with Crippen LogP contribution >= 0.6 is 27.5 Å². The predicted molar refractivity (Wildman–Crippen MR) is 82.7 cm³/mol. The minimum Gasteiger partial charge on any atom is -0.375 e. The molecule has 0 atom stereocenters. The SMILES string of the molecule is O=C(CNc1cc(F)ccc1Br)Nc1ccc(Cl)cc1. The molecule has 0 aliphatic heterocycles. The normalized spacial score (nSPS) is 10.2. The molecule has 0 saturated carbocycles. The van der Waals surface area contributed by atoms with Crippen molar-refractivity contribution in [3.8, 4) is 0 Å². The van der Waals surface area contributed by atoms with Crippen LogP contribution in [0.25, 0.3) is 0 Å². The van der Waals surface area contributed by atoms with E-state index in [0.29, 0.717) is 20.9 Å². The molecule has 104 valence electrons. The number of halogens is 3. The van der Waals surface area contributed by atoms with Crippen molar-refractivity contribution < 1.29 is 9.18 Å². The van der Waals surface area contributed by atoms with Gasteiger partial charge >= 0.3 is 0 Å². The van der Waals surface area contributed by atoms with E-state index >= 15 is 0 Å². The van der Waals surface area contributed by atoms with Crippen LogP contribution in [0.3, 0.4) is 0 Å². The molecule has 20 heavy (non-hydrogen) atoms. The van der Waals surface area contributed by atoms with Gasteiger partial charge in [-0.1, -0.05) is 11.6 Å². The second-order valence-corrected chi connectivity index (χ2v) is 5.32. The molecule has 0 bridgehead atoms. The van der Waals surface area contributed by atoms with Crippen LogP contribution < -0.4 is 10.6 Å². The summed E-state index contributed by atoms with van der Waals surface area (Å²) in [6, 6.07) is 11.0. The van der Waals surface area contributed by atoms with Gasteiger partial charge in [-0.2, -0.15) is 0 Å². The van der Waals surface area contributed by atoms with E-state index in [1.165, 1.54) is 12.1 Å². The lowest BCUT2D eigenvalue weighted by Crippen LogP contribution is -2.21. The van der Waals surface area contributed by atoms with E-state index in [-0.39, 0.29) is 18.3 Å². The molecule has 0 heterocycles. The Hall–Kier alpha value is -1.59. The van der Waals surface area contributed by atoms with E-state index in [1.807, 2.05) is 0 Å². The summed E-state index contributed by atoms with van der Waals surface area (Å²) in [5.41, 5.74) is 1.18. The molecule has 2 N–H and O–H groups in total. The molecule has 0 fully saturated rings. The maximum atomic E-state index is 13.1. The standard InChI is InChI=1S/C14H11BrClFN2O/c15-12-6-3-10(17)7-13(12)18-8-14(20)19-11-4-1-9(16)2-5-11/h1-7,18H,8H2,(H,19,20). The average Bonchev–Trinajstić information content (AvgIpc) is 2.42. The first-order valence-electron chi connectivity index (χ1n) is 5.79. The fourth-order valence-electron chi connectivity index (χ4n) is 1.55. The van der Waals surface area contributed by atoms with Crippen molar-refractivity contribution in [2.24, 2.45) is 0 Å². The number of rotatable bonds is 4. The lowest BCUT2D eigenvalue weighted by Gasteiger charge is -2.09. The smallest absolute Gasteiger partial charge is 0.243 e. The van der Waals surface area contributed by atoms with Crippen LogP contribution in [-0.4, -0.2) is 12.5 Å². The molecule has 0 aliphatic rings. The molecule has 2 rings (SSSR count). The van der Waals surface area contributed by atoms with Gasteiger partial charge in [-0.3, -0.25) is 4.79 Å². The van der Waals surface area contributed by atoms with Crippen LogP contribution in [0.2, 0.25) is 5.02 Å². The maximum absolute atomic E-state index is 13.1. The number of carbonyl (C=O) groups is 1. The van der Waals surface area contributed by atoms with Crippen molar-refractivity contribution in [3.05, 3.63) is 57.8 Å². The van der Waals surface area contributed by atoms with Crippen molar-refractivity contribution in [1.82, 2.24) is 0 Å². The summed E-state index contributed by atoms with van der Waals surface area (Å²) in [6.07, 6.45) is 0. The molecule has 0 aliphatic carbocycles. The van der Waals surface area contributed by atoms with Crippen LogP contribution in [0.4, 0.5) is 15.8 Å². The number of hydrogen-bond acceptors (Lipinski definition) is 2. The Morgan fingerprint density at radius 3 is 2.60 bits per heavy atom. The Labute approximate surface area is 129 Å². The van der Waals surface area contributed by atoms with E-state index in [9.17, 15) is 9.18 Å². The Morgan fingerprint density at radius 2 is 1.90 bits per heavy atom. The molecule has 0 spiro atoms. The number of carbonyl (C=O) groups excluding carboxylic acids is 1. The third-order valence-corrected chi connectivity index (χ3v) is 3.44. The lowest BCUT2D eigenvalue weighted by molar-refractivity contribution is -0.114. The monoisotopic (exact) mass is 356 g/mol. The molecule has 1 amide bonds. The topological polar surface area (TPSA) is 41.1 Å². The van der Waals surface area contributed by atoms with Crippen molar-refractivity contribution in [1.29, 1.82) is 0 Å². The highest BCUT2D eigenvalue weighted by atomic mass is 79.9. The van der Waals surface area contributed by atoms with E-state index in [2.05, 4.69) is 26.6 Å². The lowest BCUT2D eigenvalue weighted by atomic mass is 10.3. The first-order chi connectivity index (χ1) is 9.54. The summed E-state index contributed by atoms with van der Waals surface area (Å²) in [4.78, 5) is 11.8. The van der Waals surface area contributed by atoms with Gasteiger partial charge in [0.25, 0.3) is 0 Å². The van der Waals surface area contributed by atoms with Crippen LogP contribution in [-0.2, 0) is 4.79 Å². The number of benzene rings is 2. The number of nitrogens with one attached hydrogen (secondary N) is 2. The third kappa shape index (κ3) is 4.21. The first kappa shape index (κ1) is 14.8. The molecule has 2 aromatic rings. The van der Waals surface area contributed by atoms with Gasteiger partial charge < -0.3 is 10.6 Å². The zero-order valence-electron chi connectivity index (χ0n) is 10.3. The van der Waals surface area contributed by atoms with Gasteiger partial charge in [0.05, 0.1) is 12.2 Å². The van der Waals surface area contributed by atoms with Crippen molar-refractivity contribution in [2.45, 2.75) is 0 Å². The first-order valence-corrected chi connectivity index (χ1v) is 6.96. The molecule has 0 saturated heterocycles. The minimum atomic E-state index is -0.367. The Balaban J connectivity index is 1.92. The Kier molecular flexibility index (Phi) is 4.98. The Morgan fingerprint density at radius 1 is 1.20 bits per heavy atom. The van der Waals surface area contributed by atoms with E-state index < -0.39 is 0 Å². The summed E-state index contributed by atoms with van der Waals surface area (Å²) in [6.45, 7) is 0.0324. The average molecular weight is 358 g/mol. The fourth-order valence-corrected chi connectivity index (χ4v) is 2.06. The van der Waals surface area contributed by atoms with Gasteiger partial charge in [0, 0.05) is 15.2 Å². The highest BCUT2D eigenvalue weighted by Gasteiger charge is 2.05. The number of hydrogen-bond donors (Lipinski definition) is 2. The van der Waals surface area contributed by atoms with Crippen LogP contribution in [0.15, 0.2) is 46.9 Å².